The van der Waals surface area contributed by atoms with Crippen LogP contribution in [0.25, 0.3) is 22.3 Å². The number of rotatable bonds is 15. The van der Waals surface area contributed by atoms with E-state index in [0.717, 1.165) is 38.1 Å². The number of likely N-dealkylation sites (tertiary alicyclic amines) is 1. The Balaban J connectivity index is 0.000000320. The van der Waals surface area contributed by atoms with Crippen molar-refractivity contribution in [3.05, 3.63) is 57.3 Å². The largest absolute Gasteiger partial charge is 0.493 e. The van der Waals surface area contributed by atoms with Crippen LogP contribution < -0.4 is 35.1 Å². The lowest BCUT2D eigenvalue weighted by molar-refractivity contribution is -0.130. The average molecular weight is 878 g/mol. The molecule has 1 saturated heterocycles. The Morgan fingerprint density at radius 2 is 1.85 bits per heavy atom. The van der Waals surface area contributed by atoms with E-state index in [1.807, 2.05) is 20.8 Å². The molecule has 322 valence electrons. The zero-order valence-corrected chi connectivity index (χ0v) is 36.6. The van der Waals surface area contributed by atoms with Crippen molar-refractivity contribution in [2.24, 2.45) is 11.3 Å². The molecule has 2 aliphatic heterocycles. The predicted octanol–water partition coefficient (Wildman–Crippen LogP) is 6.86. The van der Waals surface area contributed by atoms with Gasteiger partial charge in [-0.15, -0.1) is 0 Å². The first-order chi connectivity index (χ1) is 28.1. The van der Waals surface area contributed by atoms with Crippen molar-refractivity contribution in [3.63, 3.8) is 0 Å². The van der Waals surface area contributed by atoms with E-state index in [0.29, 0.717) is 45.5 Å². The van der Waals surface area contributed by atoms with Crippen LogP contribution in [0.1, 0.15) is 73.6 Å². The third-order valence-electron chi connectivity index (χ3n) is 8.74. The van der Waals surface area contributed by atoms with Crippen molar-refractivity contribution in [2.45, 2.75) is 91.0 Å². The van der Waals surface area contributed by atoms with E-state index in [2.05, 4.69) is 46.1 Å². The standard InChI is InChI=1S/C28H32N4O7.C9H12Cl2N2O2S.C4H10/c1-17-6-5-11-32(17)22(33)13-29-27(35)37-15-28(2,3)14-36-19-8-4-7-18(12-19)23-26(34)31-24-20(30-23)9-10-21-25(24)39-16-38-21;10-8(11)4-3-7(12-5-14)9(15)13-16-6-1-2-6;1-4(2)3/h4,7-10,12,17H,5-6,11,13-16H2,1-3H3,(H,29,35)(H,31,34);4-7H,1-3H2,(H,12,14)(H,13,15);4H,1-3H3. The van der Waals surface area contributed by atoms with Gasteiger partial charge < -0.3 is 39.5 Å². The van der Waals surface area contributed by atoms with Gasteiger partial charge in [-0.25, -0.2) is 9.78 Å². The molecule has 0 radical (unpaired) electrons. The SMILES string of the molecule is CC(C)C.CC1CCCN1C(=O)CNC(=O)OCC(C)(C)COc1cccc(-c2nc3ccc4c(c3[nH]c2=O)OCO4)c1.O=CNC(CC=C(Cl)Cl)C(=O)NSC1CC1. The fourth-order valence-corrected chi connectivity index (χ4v) is 6.55. The molecule has 6 rings (SSSR count). The molecule has 1 aliphatic carbocycles. The fourth-order valence-electron chi connectivity index (χ4n) is 5.57. The monoisotopic (exact) mass is 876 g/mol. The number of H-pyrrole nitrogens is 1. The minimum absolute atomic E-state index is 0.0837. The summed E-state index contributed by atoms with van der Waals surface area (Å²) in [6, 6.07) is 10.2. The summed E-state index contributed by atoms with van der Waals surface area (Å²) >= 11 is 12.3. The molecular formula is C41H54Cl2N6O9S. The zero-order chi connectivity index (χ0) is 43.1. The highest BCUT2D eigenvalue weighted by Crippen LogP contribution is 2.37. The second-order valence-electron chi connectivity index (χ2n) is 15.7. The molecule has 2 atom stereocenters. The van der Waals surface area contributed by atoms with Gasteiger partial charge in [0.1, 0.15) is 40.6 Å². The summed E-state index contributed by atoms with van der Waals surface area (Å²) in [6.45, 7) is 13.4. The van der Waals surface area contributed by atoms with E-state index in [1.165, 1.54) is 18.0 Å². The zero-order valence-electron chi connectivity index (χ0n) is 34.2. The van der Waals surface area contributed by atoms with Crippen LogP contribution >= 0.6 is 35.1 Å². The van der Waals surface area contributed by atoms with Crippen LogP contribution in [0, 0.1) is 11.3 Å². The first-order valence-corrected chi connectivity index (χ1v) is 21.1. The van der Waals surface area contributed by atoms with Gasteiger partial charge >= 0.3 is 6.09 Å². The van der Waals surface area contributed by atoms with Gasteiger partial charge in [-0.3, -0.25) is 23.9 Å². The molecule has 3 aliphatic rings. The summed E-state index contributed by atoms with van der Waals surface area (Å²) in [5.74, 6) is 2.08. The van der Waals surface area contributed by atoms with Gasteiger partial charge in [0.2, 0.25) is 19.1 Å². The maximum absolute atomic E-state index is 12.9. The Morgan fingerprint density at radius 1 is 1.10 bits per heavy atom. The van der Waals surface area contributed by atoms with Crippen LogP contribution in [-0.2, 0) is 19.1 Å². The minimum Gasteiger partial charge on any atom is -0.493 e. The maximum atomic E-state index is 12.9. The van der Waals surface area contributed by atoms with Crippen molar-refractivity contribution in [2.75, 3.05) is 33.1 Å². The maximum Gasteiger partial charge on any atom is 0.407 e. The molecule has 0 bridgehead atoms. The Labute approximate surface area is 358 Å². The lowest BCUT2D eigenvalue weighted by Gasteiger charge is -2.25. The number of fused-ring (bicyclic) bond motifs is 3. The molecule has 1 aromatic heterocycles. The quantitative estimate of drug-likeness (QED) is 0.0922. The highest BCUT2D eigenvalue weighted by Gasteiger charge is 2.27. The van der Waals surface area contributed by atoms with Gasteiger partial charge in [-0.05, 0) is 81.2 Å². The highest BCUT2D eigenvalue weighted by atomic mass is 35.5. The first kappa shape index (κ1) is 47.0. The molecule has 4 N–H and O–H groups in total. The van der Waals surface area contributed by atoms with E-state index in [-0.39, 0.29) is 66.6 Å². The number of hydrogen-bond donors (Lipinski definition) is 4. The fraction of sp³-hybridized carbons (Fsp3) is 0.512. The van der Waals surface area contributed by atoms with Gasteiger partial charge in [0.25, 0.3) is 11.5 Å². The predicted molar refractivity (Wildman–Crippen MR) is 230 cm³/mol. The Bertz CT molecular complexity index is 2000. The molecule has 2 aromatic carbocycles. The molecule has 3 aromatic rings. The molecule has 1 saturated carbocycles. The second-order valence-corrected chi connectivity index (χ2v) is 17.8. The van der Waals surface area contributed by atoms with Crippen LogP contribution in [-0.4, -0.2) is 89.6 Å². The third kappa shape index (κ3) is 15.5. The number of ether oxygens (including phenoxy) is 4. The average Bonchev–Trinajstić information content (AvgIpc) is 3.72. The van der Waals surface area contributed by atoms with Crippen LogP contribution in [0.4, 0.5) is 4.79 Å². The van der Waals surface area contributed by atoms with Crippen LogP contribution in [0.5, 0.6) is 17.2 Å². The number of nitrogens with one attached hydrogen (secondary N) is 4. The number of hydrogen-bond acceptors (Lipinski definition) is 11. The number of carbonyl (C=O) groups is 4. The van der Waals surface area contributed by atoms with Crippen molar-refractivity contribution in [1.29, 1.82) is 0 Å². The number of alkyl carbamates (subject to hydrolysis) is 1. The van der Waals surface area contributed by atoms with Crippen LogP contribution in [0.2, 0.25) is 0 Å². The summed E-state index contributed by atoms with van der Waals surface area (Å²) in [5, 5.41) is 5.47. The number of benzene rings is 2. The second kappa shape index (κ2) is 22.6. The highest BCUT2D eigenvalue weighted by molar-refractivity contribution is 7.98. The van der Waals surface area contributed by atoms with E-state index in [9.17, 15) is 24.0 Å². The summed E-state index contributed by atoms with van der Waals surface area (Å²) in [5.41, 5.74) is 1.05. The van der Waals surface area contributed by atoms with Gasteiger partial charge in [0.05, 0.1) is 12.1 Å². The van der Waals surface area contributed by atoms with Gasteiger partial charge in [0.15, 0.2) is 11.5 Å². The van der Waals surface area contributed by atoms with Gasteiger partial charge in [-0.1, -0.05) is 76.0 Å². The van der Waals surface area contributed by atoms with Crippen molar-refractivity contribution < 1.29 is 38.1 Å². The number of carbonyl (C=O) groups excluding carboxylic acids is 4. The van der Waals surface area contributed by atoms with Crippen LogP contribution in [0.3, 0.4) is 0 Å². The third-order valence-corrected chi connectivity index (χ3v) is 10.2. The number of halogens is 2. The molecule has 2 unspecified atom stereocenters. The molecule has 2 fully saturated rings. The van der Waals surface area contributed by atoms with E-state index in [1.54, 1.807) is 41.3 Å². The van der Waals surface area contributed by atoms with E-state index < -0.39 is 17.6 Å². The number of amides is 4. The van der Waals surface area contributed by atoms with Crippen molar-refractivity contribution in [3.8, 4) is 28.5 Å². The normalized spacial score (nSPS) is 15.8. The Kier molecular flexibility index (Phi) is 18.0. The Morgan fingerprint density at radius 3 is 2.51 bits per heavy atom. The molecular weight excluding hydrogens is 823 g/mol. The van der Waals surface area contributed by atoms with Crippen LogP contribution in [0.15, 0.2) is 51.8 Å². The minimum atomic E-state index is -0.644. The topological polar surface area (TPSA) is 190 Å². The van der Waals surface area contributed by atoms with E-state index >= 15 is 0 Å². The van der Waals surface area contributed by atoms with Gasteiger partial charge in [-0.2, -0.15) is 0 Å². The lowest BCUT2D eigenvalue weighted by atomic mass is 9.96. The first-order valence-electron chi connectivity index (χ1n) is 19.5. The molecule has 15 nitrogen and oxygen atoms in total. The van der Waals surface area contributed by atoms with Crippen molar-refractivity contribution in [1.82, 2.24) is 30.2 Å². The molecule has 4 amide bonds. The summed E-state index contributed by atoms with van der Waals surface area (Å²) in [4.78, 5) is 68.4. The summed E-state index contributed by atoms with van der Waals surface area (Å²) in [6.07, 6.45) is 5.82. The summed E-state index contributed by atoms with van der Waals surface area (Å²) < 4.78 is 24.9. The van der Waals surface area contributed by atoms with E-state index in [4.69, 9.17) is 42.1 Å². The number of aromatic amines is 1. The van der Waals surface area contributed by atoms with Gasteiger partial charge in [0, 0.05) is 28.8 Å². The molecule has 59 heavy (non-hydrogen) atoms. The smallest absolute Gasteiger partial charge is 0.407 e. The molecule has 18 heteroatoms. The van der Waals surface area contributed by atoms with Crippen molar-refractivity contribution >= 4 is 70.5 Å². The molecule has 3 heterocycles. The number of aromatic nitrogens is 2. The molecule has 0 spiro atoms. The number of nitrogens with zero attached hydrogens (tertiary/aromatic N) is 2. The summed E-state index contributed by atoms with van der Waals surface area (Å²) in [7, 11) is 0. The Hall–Kier alpha value is -4.67. The lowest BCUT2D eigenvalue weighted by Crippen LogP contribution is -2.42.